The quantitative estimate of drug-likeness (QED) is 0.803. The largest absolute Gasteiger partial charge is 0.395 e. The van der Waals surface area contributed by atoms with E-state index in [-0.39, 0.29) is 6.61 Å². The number of aromatic nitrogens is 2. The van der Waals surface area contributed by atoms with Gasteiger partial charge in [-0.2, -0.15) is 5.10 Å². The SMILES string of the molecule is CCCCN(CCO)Cc1ccn(-c2ccccc2)n1. The molecule has 1 aromatic carbocycles. The predicted octanol–water partition coefficient (Wildman–Crippen LogP) is 2.47. The Labute approximate surface area is 120 Å². The zero-order valence-corrected chi connectivity index (χ0v) is 12.1. The van der Waals surface area contributed by atoms with Crippen LogP contribution in [0.25, 0.3) is 5.69 Å². The third-order valence-electron chi connectivity index (χ3n) is 3.29. The third-order valence-corrected chi connectivity index (χ3v) is 3.29. The number of rotatable bonds is 8. The first-order chi connectivity index (χ1) is 9.83. The molecule has 0 unspecified atom stereocenters. The van der Waals surface area contributed by atoms with Crippen LogP contribution in [0, 0.1) is 0 Å². The summed E-state index contributed by atoms with van der Waals surface area (Å²) >= 11 is 0. The van der Waals surface area contributed by atoms with E-state index in [9.17, 15) is 0 Å². The summed E-state index contributed by atoms with van der Waals surface area (Å²) in [5.41, 5.74) is 2.11. The fourth-order valence-electron chi connectivity index (χ4n) is 2.19. The van der Waals surface area contributed by atoms with Gasteiger partial charge in [0, 0.05) is 19.3 Å². The fraction of sp³-hybridized carbons (Fsp3) is 0.438. The molecular weight excluding hydrogens is 250 g/mol. The molecule has 0 atom stereocenters. The van der Waals surface area contributed by atoms with Crippen LogP contribution < -0.4 is 0 Å². The van der Waals surface area contributed by atoms with E-state index >= 15 is 0 Å². The minimum Gasteiger partial charge on any atom is -0.395 e. The minimum absolute atomic E-state index is 0.198. The maximum Gasteiger partial charge on any atom is 0.0769 e. The molecule has 108 valence electrons. The molecular formula is C16H23N3O. The monoisotopic (exact) mass is 273 g/mol. The van der Waals surface area contributed by atoms with Gasteiger partial charge in [0.2, 0.25) is 0 Å². The average molecular weight is 273 g/mol. The van der Waals surface area contributed by atoms with Crippen molar-refractivity contribution in [2.24, 2.45) is 0 Å². The summed E-state index contributed by atoms with van der Waals surface area (Å²) in [6.45, 7) is 4.89. The van der Waals surface area contributed by atoms with E-state index in [1.165, 1.54) is 6.42 Å². The van der Waals surface area contributed by atoms with Crippen molar-refractivity contribution in [1.82, 2.24) is 14.7 Å². The summed E-state index contributed by atoms with van der Waals surface area (Å²) in [5, 5.41) is 13.7. The topological polar surface area (TPSA) is 41.3 Å². The molecule has 4 heteroatoms. The highest BCUT2D eigenvalue weighted by Gasteiger charge is 2.07. The van der Waals surface area contributed by atoms with Gasteiger partial charge in [-0.25, -0.2) is 4.68 Å². The Hall–Kier alpha value is -1.65. The molecule has 0 aliphatic carbocycles. The molecule has 1 N–H and O–H groups in total. The molecule has 4 nitrogen and oxygen atoms in total. The smallest absolute Gasteiger partial charge is 0.0769 e. The van der Waals surface area contributed by atoms with Gasteiger partial charge in [-0.15, -0.1) is 0 Å². The lowest BCUT2D eigenvalue weighted by molar-refractivity contribution is 0.187. The van der Waals surface area contributed by atoms with Crippen molar-refractivity contribution in [3.8, 4) is 5.69 Å². The molecule has 0 radical (unpaired) electrons. The number of hydrogen-bond donors (Lipinski definition) is 1. The number of aliphatic hydroxyl groups excluding tert-OH is 1. The molecule has 1 heterocycles. The van der Waals surface area contributed by atoms with E-state index in [4.69, 9.17) is 5.11 Å². The van der Waals surface area contributed by atoms with Crippen LogP contribution in [0.5, 0.6) is 0 Å². The summed E-state index contributed by atoms with van der Waals surface area (Å²) < 4.78 is 1.90. The van der Waals surface area contributed by atoms with E-state index in [2.05, 4.69) is 16.9 Å². The van der Waals surface area contributed by atoms with Crippen LogP contribution in [0.15, 0.2) is 42.6 Å². The highest BCUT2D eigenvalue weighted by atomic mass is 16.3. The first-order valence-electron chi connectivity index (χ1n) is 7.26. The Balaban J connectivity index is 2.00. The Morgan fingerprint density at radius 2 is 1.95 bits per heavy atom. The van der Waals surface area contributed by atoms with Gasteiger partial charge in [-0.3, -0.25) is 4.90 Å². The second-order valence-corrected chi connectivity index (χ2v) is 4.94. The number of unbranched alkanes of at least 4 members (excludes halogenated alkanes) is 1. The van der Waals surface area contributed by atoms with Crippen LogP contribution >= 0.6 is 0 Å². The molecule has 2 aromatic rings. The Morgan fingerprint density at radius 1 is 1.15 bits per heavy atom. The number of hydrogen-bond acceptors (Lipinski definition) is 3. The zero-order valence-electron chi connectivity index (χ0n) is 12.1. The standard InChI is InChI=1S/C16H23N3O/c1-2-3-10-18(12-13-20)14-15-9-11-19(17-15)16-7-5-4-6-8-16/h4-9,11,20H,2-3,10,12-14H2,1H3. The lowest BCUT2D eigenvalue weighted by atomic mass is 10.3. The van der Waals surface area contributed by atoms with Crippen LogP contribution in [-0.2, 0) is 6.54 Å². The second-order valence-electron chi connectivity index (χ2n) is 4.94. The molecule has 0 saturated heterocycles. The van der Waals surface area contributed by atoms with Crippen molar-refractivity contribution in [3.05, 3.63) is 48.3 Å². The molecule has 0 saturated carbocycles. The summed E-state index contributed by atoms with van der Waals surface area (Å²) in [6, 6.07) is 12.1. The van der Waals surface area contributed by atoms with Crippen molar-refractivity contribution in [1.29, 1.82) is 0 Å². The average Bonchev–Trinajstić information content (AvgIpc) is 2.94. The molecule has 1 aromatic heterocycles. The van der Waals surface area contributed by atoms with Crippen molar-refractivity contribution < 1.29 is 5.11 Å². The van der Waals surface area contributed by atoms with Crippen molar-refractivity contribution in [2.45, 2.75) is 26.3 Å². The Bertz CT molecular complexity index is 495. The number of benzene rings is 1. The second kappa shape index (κ2) is 7.82. The number of nitrogens with zero attached hydrogens (tertiary/aromatic N) is 3. The van der Waals surface area contributed by atoms with Gasteiger partial charge in [0.25, 0.3) is 0 Å². The minimum atomic E-state index is 0.198. The Morgan fingerprint density at radius 3 is 2.65 bits per heavy atom. The summed E-state index contributed by atoms with van der Waals surface area (Å²) in [7, 11) is 0. The van der Waals surface area contributed by atoms with E-state index in [1.54, 1.807) is 0 Å². The number of aliphatic hydroxyl groups is 1. The van der Waals surface area contributed by atoms with Gasteiger partial charge < -0.3 is 5.11 Å². The van der Waals surface area contributed by atoms with Gasteiger partial charge in [0.05, 0.1) is 18.0 Å². The molecule has 0 aliphatic rings. The summed E-state index contributed by atoms with van der Waals surface area (Å²) in [6.07, 6.45) is 4.31. The molecule has 2 rings (SSSR count). The molecule has 0 amide bonds. The fourth-order valence-corrected chi connectivity index (χ4v) is 2.19. The van der Waals surface area contributed by atoms with Gasteiger partial charge >= 0.3 is 0 Å². The maximum absolute atomic E-state index is 9.13. The normalized spacial score (nSPS) is 11.2. The van der Waals surface area contributed by atoms with Gasteiger partial charge in [-0.05, 0) is 31.2 Å². The van der Waals surface area contributed by atoms with Crippen LogP contribution in [0.2, 0.25) is 0 Å². The van der Waals surface area contributed by atoms with E-state index < -0.39 is 0 Å². The third kappa shape index (κ3) is 4.18. The van der Waals surface area contributed by atoms with Crippen LogP contribution in [-0.4, -0.2) is 39.5 Å². The summed E-state index contributed by atoms with van der Waals surface area (Å²) in [4.78, 5) is 2.25. The van der Waals surface area contributed by atoms with Crippen molar-refractivity contribution in [3.63, 3.8) is 0 Å². The Kier molecular flexibility index (Phi) is 5.77. The summed E-state index contributed by atoms with van der Waals surface area (Å²) in [5.74, 6) is 0. The zero-order chi connectivity index (χ0) is 14.2. The van der Waals surface area contributed by atoms with Crippen LogP contribution in [0.4, 0.5) is 0 Å². The first kappa shape index (κ1) is 14.8. The highest BCUT2D eigenvalue weighted by Crippen LogP contribution is 2.09. The lowest BCUT2D eigenvalue weighted by Gasteiger charge is -2.19. The molecule has 20 heavy (non-hydrogen) atoms. The van der Waals surface area contributed by atoms with Gasteiger partial charge in [0.1, 0.15) is 0 Å². The van der Waals surface area contributed by atoms with Crippen molar-refractivity contribution >= 4 is 0 Å². The molecule has 0 bridgehead atoms. The molecule has 0 fully saturated rings. The highest BCUT2D eigenvalue weighted by molar-refractivity contribution is 5.30. The first-order valence-corrected chi connectivity index (χ1v) is 7.26. The van der Waals surface area contributed by atoms with E-state index in [0.717, 1.165) is 30.9 Å². The number of para-hydroxylation sites is 1. The van der Waals surface area contributed by atoms with Crippen LogP contribution in [0.1, 0.15) is 25.5 Å². The van der Waals surface area contributed by atoms with Crippen LogP contribution in [0.3, 0.4) is 0 Å². The van der Waals surface area contributed by atoms with E-state index in [1.807, 2.05) is 47.3 Å². The van der Waals surface area contributed by atoms with Gasteiger partial charge in [-0.1, -0.05) is 31.5 Å². The van der Waals surface area contributed by atoms with E-state index in [0.29, 0.717) is 6.54 Å². The maximum atomic E-state index is 9.13. The van der Waals surface area contributed by atoms with Crippen molar-refractivity contribution in [2.75, 3.05) is 19.7 Å². The molecule has 0 aliphatic heterocycles. The molecule has 0 spiro atoms. The predicted molar refractivity (Wildman–Crippen MR) is 80.8 cm³/mol. The lowest BCUT2D eigenvalue weighted by Crippen LogP contribution is -2.27. The van der Waals surface area contributed by atoms with Gasteiger partial charge in [0.15, 0.2) is 0 Å².